The van der Waals surface area contributed by atoms with Gasteiger partial charge in [-0.05, 0) is 32.9 Å². The molecule has 182 valence electrons. The van der Waals surface area contributed by atoms with Crippen molar-refractivity contribution in [3.05, 3.63) is 39.8 Å². The molecule has 8 nitrogen and oxygen atoms in total. The number of piperazine rings is 1. The first-order valence-electron chi connectivity index (χ1n) is 11.7. The summed E-state index contributed by atoms with van der Waals surface area (Å²) in [5.41, 5.74) is 7.59. The first-order valence-corrected chi connectivity index (χ1v) is 12.6. The van der Waals surface area contributed by atoms with Gasteiger partial charge in [-0.2, -0.15) is 0 Å². The lowest BCUT2D eigenvalue weighted by atomic mass is 10.1. The Hall–Kier alpha value is -2.98. The van der Waals surface area contributed by atoms with Crippen molar-refractivity contribution >= 4 is 39.0 Å². The Kier molecular flexibility index (Phi) is 7.18. The molecule has 0 aliphatic carbocycles. The van der Waals surface area contributed by atoms with E-state index in [4.69, 9.17) is 5.73 Å². The van der Waals surface area contributed by atoms with Gasteiger partial charge in [-0.25, -0.2) is 9.37 Å². The third-order valence-corrected chi connectivity index (χ3v) is 7.15. The van der Waals surface area contributed by atoms with Crippen LogP contribution in [0.3, 0.4) is 0 Å². The minimum absolute atomic E-state index is 0.125. The predicted molar refractivity (Wildman–Crippen MR) is 136 cm³/mol. The van der Waals surface area contributed by atoms with Crippen molar-refractivity contribution in [1.82, 2.24) is 19.4 Å². The Morgan fingerprint density at radius 1 is 1.18 bits per heavy atom. The van der Waals surface area contributed by atoms with Gasteiger partial charge in [-0.3, -0.25) is 14.5 Å². The number of benzene rings is 1. The van der Waals surface area contributed by atoms with Crippen LogP contribution >= 0.6 is 11.3 Å². The van der Waals surface area contributed by atoms with Crippen LogP contribution in [0, 0.1) is 5.82 Å². The van der Waals surface area contributed by atoms with Crippen molar-refractivity contribution < 1.29 is 9.18 Å². The molecule has 1 aliphatic rings. The molecule has 1 saturated heterocycles. The number of carbonyl (C=O) groups is 1. The summed E-state index contributed by atoms with van der Waals surface area (Å²) in [5, 5.41) is 2.46. The van der Waals surface area contributed by atoms with Crippen molar-refractivity contribution in [3.63, 3.8) is 0 Å². The highest BCUT2D eigenvalue weighted by Crippen LogP contribution is 2.28. The van der Waals surface area contributed by atoms with E-state index in [9.17, 15) is 9.59 Å². The number of hydrogen-bond acceptors (Lipinski definition) is 7. The van der Waals surface area contributed by atoms with Crippen LogP contribution in [0.15, 0.2) is 28.5 Å². The zero-order valence-electron chi connectivity index (χ0n) is 19.9. The van der Waals surface area contributed by atoms with Crippen molar-refractivity contribution in [1.29, 1.82) is 0 Å². The van der Waals surface area contributed by atoms with Gasteiger partial charge < -0.3 is 20.1 Å². The van der Waals surface area contributed by atoms with Gasteiger partial charge in [-0.1, -0.05) is 0 Å². The lowest BCUT2D eigenvalue weighted by molar-refractivity contribution is -0.132. The van der Waals surface area contributed by atoms with Gasteiger partial charge in [0.05, 0.1) is 29.0 Å². The number of likely N-dealkylation sites (N-methyl/N-ethyl adjacent to an activating group) is 1. The lowest BCUT2D eigenvalue weighted by Gasteiger charge is -2.36. The van der Waals surface area contributed by atoms with Crippen LogP contribution < -0.4 is 16.1 Å². The van der Waals surface area contributed by atoms with E-state index < -0.39 is 5.82 Å². The molecule has 2 N–H and O–H groups in total. The quantitative estimate of drug-likeness (QED) is 0.553. The molecule has 10 heteroatoms. The smallest absolute Gasteiger partial charge is 0.236 e. The highest BCUT2D eigenvalue weighted by atomic mass is 32.1. The number of thiazole rings is 1. The summed E-state index contributed by atoms with van der Waals surface area (Å²) in [6, 6.07) is 3.11. The summed E-state index contributed by atoms with van der Waals surface area (Å²) >= 11 is 1.27. The standard InChI is InChI=1S/C24H31FN6O2S/c1-4-29(5-2)22(32)14-28-7-9-31(10-8-28)21-12-20-16(11-18(21)25)23(33)17(13-30(20)6-3)19-15-34-24(26)27-19/h11-13,15H,4-10,14H2,1-3H3,(H2,26,27). The fraction of sp³-hybridized carbons (Fsp3) is 0.458. The third-order valence-electron chi connectivity index (χ3n) is 6.48. The Morgan fingerprint density at radius 3 is 2.47 bits per heavy atom. The predicted octanol–water partition coefficient (Wildman–Crippen LogP) is 2.86. The molecule has 1 aromatic carbocycles. The summed E-state index contributed by atoms with van der Waals surface area (Å²) < 4.78 is 17.2. The topological polar surface area (TPSA) is 87.7 Å². The average molecular weight is 487 g/mol. The van der Waals surface area contributed by atoms with Crippen molar-refractivity contribution in [2.24, 2.45) is 0 Å². The number of anilines is 2. The average Bonchev–Trinajstić information content (AvgIpc) is 3.26. The number of aromatic nitrogens is 2. The second kappa shape index (κ2) is 10.1. The van der Waals surface area contributed by atoms with Crippen molar-refractivity contribution in [3.8, 4) is 11.3 Å². The summed E-state index contributed by atoms with van der Waals surface area (Å²) in [4.78, 5) is 35.8. The molecule has 1 fully saturated rings. The Bertz CT molecular complexity index is 1240. The van der Waals surface area contributed by atoms with Crippen LogP contribution in [0.5, 0.6) is 0 Å². The zero-order chi connectivity index (χ0) is 24.4. The van der Waals surface area contributed by atoms with Gasteiger partial charge in [0.15, 0.2) is 10.6 Å². The molecule has 2 aromatic heterocycles. The molecule has 0 spiro atoms. The molecule has 0 radical (unpaired) electrons. The zero-order valence-corrected chi connectivity index (χ0v) is 20.7. The number of nitrogens with two attached hydrogens (primary N) is 1. The molecule has 4 rings (SSSR count). The number of pyridine rings is 1. The largest absolute Gasteiger partial charge is 0.375 e. The molecule has 3 heterocycles. The van der Waals surface area contributed by atoms with Crippen LogP contribution in [-0.2, 0) is 11.3 Å². The third kappa shape index (κ3) is 4.65. The first kappa shape index (κ1) is 24.2. The van der Waals surface area contributed by atoms with E-state index in [1.807, 2.05) is 35.1 Å². The second-order valence-electron chi connectivity index (χ2n) is 8.38. The maximum Gasteiger partial charge on any atom is 0.236 e. The van der Waals surface area contributed by atoms with Gasteiger partial charge in [0.1, 0.15) is 5.82 Å². The fourth-order valence-electron chi connectivity index (χ4n) is 4.51. The van der Waals surface area contributed by atoms with Gasteiger partial charge >= 0.3 is 0 Å². The maximum absolute atomic E-state index is 15.3. The van der Waals surface area contributed by atoms with Gasteiger partial charge in [0, 0.05) is 62.8 Å². The normalized spacial score (nSPS) is 14.6. The van der Waals surface area contributed by atoms with E-state index in [0.29, 0.717) is 85.3 Å². The number of fused-ring (bicyclic) bond motifs is 1. The van der Waals surface area contributed by atoms with E-state index in [2.05, 4.69) is 9.88 Å². The molecule has 0 bridgehead atoms. The van der Waals surface area contributed by atoms with Crippen molar-refractivity contribution in [2.45, 2.75) is 27.3 Å². The second-order valence-corrected chi connectivity index (χ2v) is 9.27. The summed E-state index contributed by atoms with van der Waals surface area (Å²) in [7, 11) is 0. The number of hydrogen-bond donors (Lipinski definition) is 1. The molecule has 34 heavy (non-hydrogen) atoms. The van der Waals surface area contributed by atoms with Gasteiger partial charge in [0.2, 0.25) is 5.91 Å². The summed E-state index contributed by atoms with van der Waals surface area (Å²) in [6.07, 6.45) is 1.78. The monoisotopic (exact) mass is 486 g/mol. The Morgan fingerprint density at radius 2 is 1.88 bits per heavy atom. The number of nitrogens with zero attached hydrogens (tertiary/aromatic N) is 5. The van der Waals surface area contributed by atoms with E-state index in [1.165, 1.54) is 17.4 Å². The molecule has 3 aromatic rings. The number of amides is 1. The number of aryl methyl sites for hydroxylation is 1. The minimum atomic E-state index is -0.421. The lowest BCUT2D eigenvalue weighted by Crippen LogP contribution is -2.50. The van der Waals surface area contributed by atoms with Crippen LogP contribution in [-0.4, -0.2) is 71.1 Å². The number of nitrogen functional groups attached to an aromatic ring is 1. The SMILES string of the molecule is CCN(CC)C(=O)CN1CCN(c2cc3c(cc2F)c(=O)c(-c2csc(N)n2)cn3CC)CC1. The van der Waals surface area contributed by atoms with E-state index >= 15 is 4.39 Å². The minimum Gasteiger partial charge on any atom is -0.375 e. The van der Waals surface area contributed by atoms with E-state index in [0.717, 1.165) is 0 Å². The number of carbonyl (C=O) groups excluding carboxylic acids is 1. The molecule has 1 aliphatic heterocycles. The Balaban J connectivity index is 1.59. The molecule has 1 amide bonds. The number of rotatable bonds is 7. The van der Waals surface area contributed by atoms with Crippen LogP contribution in [0.25, 0.3) is 22.2 Å². The highest BCUT2D eigenvalue weighted by molar-refractivity contribution is 7.13. The van der Waals surface area contributed by atoms with Crippen molar-refractivity contribution in [2.75, 3.05) is 56.4 Å². The fourth-order valence-corrected chi connectivity index (χ4v) is 5.07. The number of halogens is 1. The summed E-state index contributed by atoms with van der Waals surface area (Å²) in [5.74, 6) is -0.296. The maximum atomic E-state index is 15.3. The molecule has 0 atom stereocenters. The van der Waals surface area contributed by atoms with E-state index in [-0.39, 0.29) is 11.3 Å². The Labute approximate surface area is 202 Å². The van der Waals surface area contributed by atoms with Gasteiger partial charge in [0.25, 0.3) is 0 Å². The van der Waals surface area contributed by atoms with Crippen LogP contribution in [0.4, 0.5) is 15.2 Å². The highest BCUT2D eigenvalue weighted by Gasteiger charge is 2.24. The molecular weight excluding hydrogens is 455 g/mol. The van der Waals surface area contributed by atoms with Gasteiger partial charge in [-0.15, -0.1) is 11.3 Å². The van der Waals surface area contributed by atoms with E-state index in [1.54, 1.807) is 17.6 Å². The summed E-state index contributed by atoms with van der Waals surface area (Å²) in [6.45, 7) is 10.9. The first-order chi connectivity index (χ1) is 16.4. The molecule has 0 saturated carbocycles. The molecule has 0 unspecified atom stereocenters. The molecular formula is C24H31FN6O2S. The van der Waals surface area contributed by atoms with Crippen LogP contribution in [0.2, 0.25) is 0 Å². The van der Waals surface area contributed by atoms with Crippen LogP contribution in [0.1, 0.15) is 20.8 Å².